The summed E-state index contributed by atoms with van der Waals surface area (Å²) >= 11 is 6.07. The van der Waals surface area contributed by atoms with Crippen LogP contribution in [0, 0.1) is 6.92 Å². The number of sulfonamides is 1. The largest absolute Gasteiger partial charge is 0.449 e. The maximum absolute atomic E-state index is 12.7. The van der Waals surface area contributed by atoms with E-state index >= 15 is 0 Å². The lowest BCUT2D eigenvalue weighted by Gasteiger charge is -2.15. The zero-order valence-corrected chi connectivity index (χ0v) is 19.3. The SMILES string of the molecule is Cc1ccc(NC(=O)C(C)OC(=O)c2ccc(Cl)c(S(=O)(=O)NCC3CCCO3)c2)cc1. The standard InChI is InChI=1S/C22H25ClN2O6S/c1-14-5-8-17(9-6-14)25-21(26)15(2)31-22(27)16-7-10-19(23)20(12-16)32(28,29)24-13-18-4-3-11-30-18/h5-10,12,15,18,24H,3-4,11,13H2,1-2H3,(H,25,26). The Hall–Kier alpha value is -2.46. The van der Waals surface area contributed by atoms with Crippen LogP contribution in [-0.4, -0.2) is 45.7 Å². The van der Waals surface area contributed by atoms with Gasteiger partial charge < -0.3 is 14.8 Å². The van der Waals surface area contributed by atoms with Crippen LogP contribution < -0.4 is 10.0 Å². The Labute approximate surface area is 192 Å². The highest BCUT2D eigenvalue weighted by atomic mass is 35.5. The van der Waals surface area contributed by atoms with Crippen LogP contribution in [0.2, 0.25) is 5.02 Å². The molecule has 0 aromatic heterocycles. The molecule has 2 aromatic carbocycles. The number of ether oxygens (including phenoxy) is 2. The third kappa shape index (κ3) is 6.29. The van der Waals surface area contributed by atoms with E-state index in [0.29, 0.717) is 12.3 Å². The second-order valence-electron chi connectivity index (χ2n) is 7.53. The van der Waals surface area contributed by atoms with Gasteiger partial charge in [-0.1, -0.05) is 29.3 Å². The van der Waals surface area contributed by atoms with Crippen molar-refractivity contribution >= 4 is 39.2 Å². The van der Waals surface area contributed by atoms with Gasteiger partial charge >= 0.3 is 5.97 Å². The van der Waals surface area contributed by atoms with Gasteiger partial charge in [0.05, 0.1) is 16.7 Å². The first-order valence-electron chi connectivity index (χ1n) is 10.1. The Balaban J connectivity index is 1.65. The molecule has 2 atom stereocenters. The first-order chi connectivity index (χ1) is 15.2. The predicted molar refractivity (Wildman–Crippen MR) is 120 cm³/mol. The van der Waals surface area contributed by atoms with Crippen molar-refractivity contribution in [2.75, 3.05) is 18.5 Å². The summed E-state index contributed by atoms with van der Waals surface area (Å²) in [6.07, 6.45) is 0.358. The number of halogens is 1. The predicted octanol–water partition coefficient (Wildman–Crippen LogP) is 3.29. The maximum atomic E-state index is 12.7. The minimum absolute atomic E-state index is 0.0356. The second kappa shape index (κ2) is 10.4. The number of esters is 1. The average molecular weight is 481 g/mol. The molecule has 0 spiro atoms. The monoisotopic (exact) mass is 480 g/mol. The molecule has 1 fully saturated rings. The van der Waals surface area contributed by atoms with E-state index in [1.54, 1.807) is 12.1 Å². The number of hydrogen-bond donors (Lipinski definition) is 2. The fourth-order valence-corrected chi connectivity index (χ4v) is 4.67. The first kappa shape index (κ1) is 24.2. The normalized spacial score (nSPS) is 17.0. The molecular formula is C22H25ClN2O6S. The van der Waals surface area contributed by atoms with Gasteiger partial charge in [0, 0.05) is 18.8 Å². The van der Waals surface area contributed by atoms with E-state index in [1.807, 2.05) is 19.1 Å². The second-order valence-corrected chi connectivity index (χ2v) is 9.68. The fraction of sp³-hybridized carbons (Fsp3) is 0.364. The van der Waals surface area contributed by atoms with Gasteiger partial charge in [-0.05, 0) is 57.0 Å². The maximum Gasteiger partial charge on any atom is 0.338 e. The summed E-state index contributed by atoms with van der Waals surface area (Å²) in [7, 11) is -3.97. The molecule has 1 aliphatic heterocycles. The number of hydrogen-bond acceptors (Lipinski definition) is 6. The van der Waals surface area contributed by atoms with Crippen LogP contribution in [0.1, 0.15) is 35.7 Å². The van der Waals surface area contributed by atoms with Gasteiger partial charge in [0.2, 0.25) is 10.0 Å². The molecule has 2 N–H and O–H groups in total. The Bertz CT molecular complexity index is 1080. The lowest BCUT2D eigenvalue weighted by atomic mass is 10.2. The van der Waals surface area contributed by atoms with Gasteiger partial charge in [-0.3, -0.25) is 4.79 Å². The smallest absolute Gasteiger partial charge is 0.338 e. The molecular weight excluding hydrogens is 456 g/mol. The van der Waals surface area contributed by atoms with Crippen molar-refractivity contribution in [1.29, 1.82) is 0 Å². The number of carbonyl (C=O) groups excluding carboxylic acids is 2. The van der Waals surface area contributed by atoms with Crippen molar-refractivity contribution < 1.29 is 27.5 Å². The molecule has 0 aliphatic carbocycles. The summed E-state index contributed by atoms with van der Waals surface area (Å²) in [5.41, 5.74) is 1.57. The van der Waals surface area contributed by atoms with E-state index < -0.39 is 28.0 Å². The minimum atomic E-state index is -3.97. The molecule has 10 heteroatoms. The first-order valence-corrected chi connectivity index (χ1v) is 12.0. The molecule has 32 heavy (non-hydrogen) atoms. The molecule has 172 valence electrons. The van der Waals surface area contributed by atoms with E-state index in [-0.39, 0.29) is 28.1 Å². The molecule has 2 unspecified atom stereocenters. The Kier molecular flexibility index (Phi) is 7.89. The topological polar surface area (TPSA) is 111 Å². The van der Waals surface area contributed by atoms with Crippen molar-refractivity contribution in [2.45, 2.75) is 43.8 Å². The lowest BCUT2D eigenvalue weighted by Crippen LogP contribution is -2.32. The summed E-state index contributed by atoms with van der Waals surface area (Å²) in [6.45, 7) is 4.07. The van der Waals surface area contributed by atoms with Crippen molar-refractivity contribution in [3.8, 4) is 0 Å². The van der Waals surface area contributed by atoms with Crippen molar-refractivity contribution in [3.63, 3.8) is 0 Å². The van der Waals surface area contributed by atoms with E-state index in [0.717, 1.165) is 24.5 Å². The van der Waals surface area contributed by atoms with Crippen molar-refractivity contribution in [2.24, 2.45) is 0 Å². The minimum Gasteiger partial charge on any atom is -0.449 e. The molecule has 0 saturated carbocycles. The molecule has 1 amide bonds. The van der Waals surface area contributed by atoms with Crippen LogP contribution in [0.3, 0.4) is 0 Å². The van der Waals surface area contributed by atoms with Gasteiger partial charge in [-0.15, -0.1) is 0 Å². The summed E-state index contributed by atoms with van der Waals surface area (Å²) in [6, 6.07) is 10.9. The van der Waals surface area contributed by atoms with Crippen molar-refractivity contribution in [3.05, 3.63) is 58.6 Å². The number of rotatable bonds is 8. The summed E-state index contributed by atoms with van der Waals surface area (Å²) in [5.74, 6) is -1.36. The van der Waals surface area contributed by atoms with Crippen molar-refractivity contribution in [1.82, 2.24) is 4.72 Å². The third-order valence-electron chi connectivity index (χ3n) is 4.95. The number of amides is 1. The van der Waals surface area contributed by atoms with Gasteiger partial charge in [-0.2, -0.15) is 0 Å². The van der Waals surface area contributed by atoms with E-state index in [1.165, 1.54) is 19.1 Å². The third-order valence-corrected chi connectivity index (χ3v) is 6.86. The summed E-state index contributed by atoms with van der Waals surface area (Å²) in [5, 5.41) is 2.62. The molecule has 3 rings (SSSR count). The highest BCUT2D eigenvalue weighted by molar-refractivity contribution is 7.89. The molecule has 0 radical (unpaired) electrons. The Morgan fingerprint density at radius 1 is 1.22 bits per heavy atom. The van der Waals surface area contributed by atoms with E-state index in [9.17, 15) is 18.0 Å². The number of aryl methyl sites for hydroxylation is 1. The lowest BCUT2D eigenvalue weighted by molar-refractivity contribution is -0.123. The highest BCUT2D eigenvalue weighted by Crippen LogP contribution is 2.24. The summed E-state index contributed by atoms with van der Waals surface area (Å²) < 4.78 is 38.4. The highest BCUT2D eigenvalue weighted by Gasteiger charge is 2.25. The van der Waals surface area contributed by atoms with Gasteiger partial charge in [0.25, 0.3) is 5.91 Å². The molecule has 1 heterocycles. The van der Waals surface area contributed by atoms with Crippen LogP contribution >= 0.6 is 11.6 Å². The zero-order valence-electron chi connectivity index (χ0n) is 17.8. The quantitative estimate of drug-likeness (QED) is 0.561. The number of benzene rings is 2. The van der Waals surface area contributed by atoms with Crippen LogP contribution in [0.15, 0.2) is 47.4 Å². The van der Waals surface area contributed by atoms with Crippen LogP contribution in [0.5, 0.6) is 0 Å². The van der Waals surface area contributed by atoms with Gasteiger partial charge in [-0.25, -0.2) is 17.9 Å². The van der Waals surface area contributed by atoms with Crippen LogP contribution in [-0.2, 0) is 24.3 Å². The summed E-state index contributed by atoms with van der Waals surface area (Å²) in [4.78, 5) is 24.6. The number of nitrogens with one attached hydrogen (secondary N) is 2. The molecule has 8 nitrogen and oxygen atoms in total. The van der Waals surface area contributed by atoms with Crippen LogP contribution in [0.25, 0.3) is 0 Å². The van der Waals surface area contributed by atoms with E-state index in [2.05, 4.69) is 10.0 Å². The molecule has 1 saturated heterocycles. The molecule has 1 aliphatic rings. The van der Waals surface area contributed by atoms with Crippen LogP contribution in [0.4, 0.5) is 5.69 Å². The fourth-order valence-electron chi connectivity index (χ4n) is 3.08. The Morgan fingerprint density at radius 3 is 2.59 bits per heavy atom. The Morgan fingerprint density at radius 2 is 1.94 bits per heavy atom. The molecule has 0 bridgehead atoms. The zero-order chi connectivity index (χ0) is 23.3. The van der Waals surface area contributed by atoms with E-state index in [4.69, 9.17) is 21.1 Å². The van der Waals surface area contributed by atoms with Gasteiger partial charge in [0.1, 0.15) is 4.90 Å². The number of carbonyl (C=O) groups is 2. The molecule has 2 aromatic rings. The van der Waals surface area contributed by atoms with Gasteiger partial charge in [0.15, 0.2) is 6.10 Å². The average Bonchev–Trinajstić information content (AvgIpc) is 3.28. The number of anilines is 1.